The van der Waals surface area contributed by atoms with Gasteiger partial charge in [0.05, 0.1) is 6.61 Å². The Bertz CT molecular complexity index is 494. The number of ether oxygens (including phenoxy) is 1. The molecule has 0 aromatic heterocycles. The second kappa shape index (κ2) is 6.69. The van der Waals surface area contributed by atoms with Gasteiger partial charge < -0.3 is 15.0 Å². The van der Waals surface area contributed by atoms with Gasteiger partial charge in [0, 0.05) is 31.3 Å². The fraction of sp³-hybridized carbons (Fsp3) is 0.500. The van der Waals surface area contributed by atoms with Crippen LogP contribution in [0.2, 0.25) is 0 Å². The van der Waals surface area contributed by atoms with Gasteiger partial charge >= 0.3 is 6.09 Å². The molecule has 4 nitrogen and oxygen atoms in total. The summed E-state index contributed by atoms with van der Waals surface area (Å²) in [6.07, 6.45) is 0.694. The number of hydrogen-bond donors (Lipinski definition) is 1. The number of carbonyl (C=O) groups excluding carboxylic acids is 1. The van der Waals surface area contributed by atoms with E-state index in [1.807, 2.05) is 0 Å². The Balaban J connectivity index is 1.94. The molecule has 2 rings (SSSR count). The van der Waals surface area contributed by atoms with Crippen molar-refractivity contribution >= 4 is 11.8 Å². The molecule has 0 radical (unpaired) electrons. The Morgan fingerprint density at radius 2 is 1.86 bits per heavy atom. The second-order valence-electron chi connectivity index (χ2n) is 4.85. The van der Waals surface area contributed by atoms with Crippen molar-refractivity contribution in [3.8, 4) is 0 Å². The van der Waals surface area contributed by atoms with E-state index < -0.39 is 17.5 Å². The monoisotopic (exact) mass is 302 g/mol. The van der Waals surface area contributed by atoms with Crippen LogP contribution in [-0.2, 0) is 4.74 Å². The van der Waals surface area contributed by atoms with Gasteiger partial charge in [-0.3, -0.25) is 0 Å². The first-order chi connectivity index (χ1) is 10.0. The van der Waals surface area contributed by atoms with Crippen molar-refractivity contribution < 1.29 is 22.7 Å². The summed E-state index contributed by atoms with van der Waals surface area (Å²) in [4.78, 5) is 13.1. The first-order valence-electron chi connectivity index (χ1n) is 6.84. The molecule has 1 aliphatic rings. The zero-order chi connectivity index (χ0) is 15.4. The molecule has 0 bridgehead atoms. The summed E-state index contributed by atoms with van der Waals surface area (Å²) in [5, 5.41) is 2.74. The normalized spacial score (nSPS) is 15.9. The molecular weight excluding hydrogens is 285 g/mol. The maximum atomic E-state index is 13.5. The van der Waals surface area contributed by atoms with Gasteiger partial charge in [0.25, 0.3) is 0 Å². The molecule has 1 amide bonds. The molecule has 21 heavy (non-hydrogen) atoms. The lowest BCUT2D eigenvalue weighted by molar-refractivity contribution is 0.0983. The number of hydrogen-bond acceptors (Lipinski definition) is 3. The van der Waals surface area contributed by atoms with Crippen LogP contribution < -0.4 is 5.32 Å². The quantitative estimate of drug-likeness (QED) is 0.932. The SMILES string of the molecule is CCOC(=O)N1CCC(Nc2c(F)cc(F)cc2F)CC1. The fourth-order valence-corrected chi connectivity index (χ4v) is 2.31. The third kappa shape index (κ3) is 3.80. The molecule has 0 spiro atoms. The van der Waals surface area contributed by atoms with Gasteiger partial charge in [-0.1, -0.05) is 0 Å². The number of amides is 1. The summed E-state index contributed by atoms with van der Waals surface area (Å²) >= 11 is 0. The summed E-state index contributed by atoms with van der Waals surface area (Å²) < 4.78 is 44.8. The predicted molar refractivity (Wildman–Crippen MR) is 71.6 cm³/mol. The lowest BCUT2D eigenvalue weighted by atomic mass is 10.0. The molecule has 0 unspecified atom stereocenters. The molecule has 1 N–H and O–H groups in total. The van der Waals surface area contributed by atoms with Crippen LogP contribution in [0, 0.1) is 17.5 Å². The number of halogens is 3. The smallest absolute Gasteiger partial charge is 0.409 e. The van der Waals surface area contributed by atoms with Gasteiger partial charge in [-0.15, -0.1) is 0 Å². The van der Waals surface area contributed by atoms with Crippen LogP contribution in [0.25, 0.3) is 0 Å². The van der Waals surface area contributed by atoms with Gasteiger partial charge in [-0.05, 0) is 19.8 Å². The number of likely N-dealkylation sites (tertiary alicyclic amines) is 1. The van der Waals surface area contributed by atoms with Gasteiger partial charge in [0.1, 0.15) is 11.5 Å². The van der Waals surface area contributed by atoms with Crippen molar-refractivity contribution in [2.45, 2.75) is 25.8 Å². The summed E-state index contributed by atoms with van der Waals surface area (Å²) in [7, 11) is 0. The fourth-order valence-electron chi connectivity index (χ4n) is 2.31. The average molecular weight is 302 g/mol. The highest BCUT2D eigenvalue weighted by molar-refractivity contribution is 5.67. The zero-order valence-corrected chi connectivity index (χ0v) is 11.7. The topological polar surface area (TPSA) is 41.6 Å². The Kier molecular flexibility index (Phi) is 4.93. The van der Waals surface area contributed by atoms with Crippen LogP contribution >= 0.6 is 0 Å². The number of nitrogens with zero attached hydrogens (tertiary/aromatic N) is 1. The summed E-state index contributed by atoms with van der Waals surface area (Å²) in [5.41, 5.74) is -0.328. The molecular formula is C14H17F3N2O2. The van der Waals surface area contributed by atoms with E-state index in [9.17, 15) is 18.0 Å². The highest BCUT2D eigenvalue weighted by Crippen LogP contribution is 2.23. The number of piperidine rings is 1. The van der Waals surface area contributed by atoms with Crippen molar-refractivity contribution in [1.29, 1.82) is 0 Å². The van der Waals surface area contributed by atoms with Crippen LogP contribution in [0.1, 0.15) is 19.8 Å². The minimum absolute atomic E-state index is 0.176. The van der Waals surface area contributed by atoms with Crippen molar-refractivity contribution in [2.24, 2.45) is 0 Å². The van der Waals surface area contributed by atoms with Crippen LogP contribution in [0.15, 0.2) is 12.1 Å². The molecule has 116 valence electrons. The van der Waals surface area contributed by atoms with Crippen LogP contribution in [0.4, 0.5) is 23.7 Å². The van der Waals surface area contributed by atoms with Gasteiger partial charge in [-0.25, -0.2) is 18.0 Å². The lowest BCUT2D eigenvalue weighted by Crippen LogP contribution is -2.42. The maximum absolute atomic E-state index is 13.5. The highest BCUT2D eigenvalue weighted by atomic mass is 19.1. The van der Waals surface area contributed by atoms with Crippen molar-refractivity contribution in [1.82, 2.24) is 4.90 Å². The Morgan fingerprint density at radius 3 is 2.38 bits per heavy atom. The van der Waals surface area contributed by atoms with Crippen LogP contribution in [0.5, 0.6) is 0 Å². The third-order valence-corrected chi connectivity index (χ3v) is 3.38. The lowest BCUT2D eigenvalue weighted by Gasteiger charge is -2.32. The summed E-state index contributed by atoms with van der Waals surface area (Å²) in [6, 6.07) is 1.10. The molecule has 1 fully saturated rings. The number of benzene rings is 1. The number of nitrogens with one attached hydrogen (secondary N) is 1. The molecule has 7 heteroatoms. The number of rotatable bonds is 3. The summed E-state index contributed by atoms with van der Waals surface area (Å²) in [5.74, 6) is -2.87. The van der Waals surface area contributed by atoms with Crippen LogP contribution in [0.3, 0.4) is 0 Å². The Hall–Kier alpha value is -1.92. The highest BCUT2D eigenvalue weighted by Gasteiger charge is 2.25. The first-order valence-corrected chi connectivity index (χ1v) is 6.84. The number of anilines is 1. The predicted octanol–water partition coefficient (Wildman–Crippen LogP) is 3.14. The molecule has 1 aromatic rings. The molecule has 1 aliphatic heterocycles. The van der Waals surface area contributed by atoms with E-state index in [1.165, 1.54) is 0 Å². The van der Waals surface area contributed by atoms with Crippen molar-refractivity contribution in [2.75, 3.05) is 25.0 Å². The largest absolute Gasteiger partial charge is 0.450 e. The zero-order valence-electron chi connectivity index (χ0n) is 11.7. The molecule has 0 atom stereocenters. The van der Waals surface area contributed by atoms with E-state index in [4.69, 9.17) is 4.74 Å². The van der Waals surface area contributed by atoms with E-state index >= 15 is 0 Å². The maximum Gasteiger partial charge on any atom is 0.409 e. The van der Waals surface area contributed by atoms with E-state index in [0.717, 1.165) is 0 Å². The van der Waals surface area contributed by atoms with E-state index in [-0.39, 0.29) is 17.8 Å². The van der Waals surface area contributed by atoms with Crippen molar-refractivity contribution in [3.05, 3.63) is 29.6 Å². The van der Waals surface area contributed by atoms with E-state index in [2.05, 4.69) is 5.32 Å². The second-order valence-corrected chi connectivity index (χ2v) is 4.85. The molecule has 0 saturated carbocycles. The molecule has 0 aliphatic carbocycles. The minimum Gasteiger partial charge on any atom is -0.450 e. The first kappa shape index (κ1) is 15.5. The third-order valence-electron chi connectivity index (χ3n) is 3.38. The molecule has 1 saturated heterocycles. The molecule has 1 aromatic carbocycles. The summed E-state index contributed by atoms with van der Waals surface area (Å²) in [6.45, 7) is 2.93. The van der Waals surface area contributed by atoms with E-state index in [1.54, 1.807) is 11.8 Å². The van der Waals surface area contributed by atoms with Crippen molar-refractivity contribution in [3.63, 3.8) is 0 Å². The van der Waals surface area contributed by atoms with Gasteiger partial charge in [-0.2, -0.15) is 0 Å². The van der Waals surface area contributed by atoms with Gasteiger partial charge in [0.2, 0.25) is 0 Å². The van der Waals surface area contributed by atoms with Crippen LogP contribution in [-0.4, -0.2) is 36.7 Å². The molecule has 1 heterocycles. The van der Waals surface area contributed by atoms with Gasteiger partial charge in [0.15, 0.2) is 11.6 Å². The Morgan fingerprint density at radius 1 is 1.29 bits per heavy atom. The number of carbonyl (C=O) groups is 1. The van der Waals surface area contributed by atoms with E-state index in [0.29, 0.717) is 44.7 Å². The standard InChI is InChI=1S/C14H17F3N2O2/c1-2-21-14(20)19-5-3-10(4-6-19)18-13-11(16)7-9(15)8-12(13)17/h7-8,10,18H,2-6H2,1H3. The average Bonchev–Trinajstić information content (AvgIpc) is 2.43. The Labute approximate surface area is 120 Å². The minimum atomic E-state index is -0.958.